The number of hydrogen-bond acceptors (Lipinski definition) is 4. The number of rotatable bonds is 6. The van der Waals surface area contributed by atoms with Crippen molar-refractivity contribution in [2.75, 3.05) is 6.61 Å². The van der Waals surface area contributed by atoms with Crippen LogP contribution in [0.5, 0.6) is 0 Å². The van der Waals surface area contributed by atoms with Crippen LogP contribution in [0, 0.1) is 5.92 Å². The van der Waals surface area contributed by atoms with Crippen LogP contribution in [0.25, 0.3) is 11.5 Å². The molecule has 1 aliphatic rings. The van der Waals surface area contributed by atoms with Gasteiger partial charge in [-0.3, -0.25) is 0 Å². The third-order valence-electron chi connectivity index (χ3n) is 4.21. The van der Waals surface area contributed by atoms with Gasteiger partial charge in [-0.1, -0.05) is 18.2 Å². The van der Waals surface area contributed by atoms with Crippen LogP contribution in [-0.2, 0) is 6.54 Å². The smallest absolute Gasteiger partial charge is 0.315 e. The SMILES string of the molecule is CC(CO)(NC(=O)NCc1coc(-c2ccccc2)n1)C1CC1. The molecule has 3 rings (SSSR count). The van der Waals surface area contributed by atoms with Crippen LogP contribution in [0.1, 0.15) is 25.5 Å². The van der Waals surface area contributed by atoms with Gasteiger partial charge < -0.3 is 20.2 Å². The Morgan fingerprint density at radius 2 is 2.13 bits per heavy atom. The zero-order valence-corrected chi connectivity index (χ0v) is 13.1. The molecular weight excluding hydrogens is 294 g/mol. The van der Waals surface area contributed by atoms with E-state index in [2.05, 4.69) is 15.6 Å². The first kappa shape index (κ1) is 15.6. The minimum atomic E-state index is -0.552. The molecule has 2 amide bonds. The number of urea groups is 1. The number of aliphatic hydroxyl groups excluding tert-OH is 1. The molecule has 0 aliphatic heterocycles. The second kappa shape index (κ2) is 6.42. The molecule has 1 saturated carbocycles. The molecule has 1 heterocycles. The first-order valence-corrected chi connectivity index (χ1v) is 7.77. The molecule has 0 bridgehead atoms. The first-order valence-electron chi connectivity index (χ1n) is 7.77. The molecule has 23 heavy (non-hydrogen) atoms. The van der Waals surface area contributed by atoms with Crippen LogP contribution >= 0.6 is 0 Å². The van der Waals surface area contributed by atoms with Crippen molar-refractivity contribution in [3.63, 3.8) is 0 Å². The van der Waals surface area contributed by atoms with Gasteiger partial charge in [-0.2, -0.15) is 0 Å². The maximum Gasteiger partial charge on any atom is 0.315 e. The highest BCUT2D eigenvalue weighted by Gasteiger charge is 2.42. The normalized spacial score (nSPS) is 16.6. The maximum absolute atomic E-state index is 12.0. The summed E-state index contributed by atoms with van der Waals surface area (Å²) in [7, 11) is 0. The number of oxazole rings is 1. The van der Waals surface area contributed by atoms with Crippen LogP contribution in [0.4, 0.5) is 4.79 Å². The summed E-state index contributed by atoms with van der Waals surface area (Å²) in [6.45, 7) is 2.08. The highest BCUT2D eigenvalue weighted by atomic mass is 16.3. The lowest BCUT2D eigenvalue weighted by Gasteiger charge is -2.28. The van der Waals surface area contributed by atoms with Crippen molar-refractivity contribution >= 4 is 6.03 Å². The molecule has 1 aromatic carbocycles. The number of nitrogens with zero attached hydrogens (tertiary/aromatic N) is 1. The molecule has 1 fully saturated rings. The summed E-state index contributed by atoms with van der Waals surface area (Å²) in [5.41, 5.74) is 0.990. The Morgan fingerprint density at radius 3 is 2.78 bits per heavy atom. The quantitative estimate of drug-likeness (QED) is 0.763. The molecular formula is C17H21N3O3. The van der Waals surface area contributed by atoms with Gasteiger partial charge in [0.25, 0.3) is 0 Å². The van der Waals surface area contributed by atoms with E-state index in [1.165, 1.54) is 6.26 Å². The van der Waals surface area contributed by atoms with Crippen molar-refractivity contribution in [2.45, 2.75) is 31.8 Å². The van der Waals surface area contributed by atoms with Crippen molar-refractivity contribution in [1.29, 1.82) is 0 Å². The van der Waals surface area contributed by atoms with Crippen molar-refractivity contribution in [1.82, 2.24) is 15.6 Å². The minimum absolute atomic E-state index is 0.0623. The summed E-state index contributed by atoms with van der Waals surface area (Å²) in [6, 6.07) is 9.28. The number of benzene rings is 1. The number of nitrogens with one attached hydrogen (secondary N) is 2. The van der Waals surface area contributed by atoms with E-state index in [0.29, 0.717) is 17.5 Å². The van der Waals surface area contributed by atoms with Crippen LogP contribution in [-0.4, -0.2) is 28.3 Å². The molecule has 3 N–H and O–H groups in total. The van der Waals surface area contributed by atoms with Crippen LogP contribution < -0.4 is 10.6 Å². The van der Waals surface area contributed by atoms with Gasteiger partial charge in [0.1, 0.15) is 6.26 Å². The summed E-state index contributed by atoms with van der Waals surface area (Å²) in [5.74, 6) is 0.885. The molecule has 0 spiro atoms. The fourth-order valence-electron chi connectivity index (χ4n) is 2.57. The lowest BCUT2D eigenvalue weighted by molar-refractivity contribution is 0.155. The highest BCUT2D eigenvalue weighted by molar-refractivity contribution is 5.74. The number of aliphatic hydroxyl groups is 1. The Hall–Kier alpha value is -2.34. The van der Waals surface area contributed by atoms with Crippen molar-refractivity contribution < 1.29 is 14.3 Å². The van der Waals surface area contributed by atoms with Crippen molar-refractivity contribution in [3.05, 3.63) is 42.3 Å². The van der Waals surface area contributed by atoms with E-state index in [1.54, 1.807) is 0 Å². The topological polar surface area (TPSA) is 87.4 Å². The van der Waals surface area contributed by atoms with Gasteiger partial charge in [0.2, 0.25) is 5.89 Å². The Bertz CT molecular complexity index is 667. The summed E-state index contributed by atoms with van der Waals surface area (Å²) in [6.07, 6.45) is 3.62. The van der Waals surface area contributed by atoms with E-state index in [1.807, 2.05) is 37.3 Å². The fourth-order valence-corrected chi connectivity index (χ4v) is 2.57. The Balaban J connectivity index is 1.54. The van der Waals surface area contributed by atoms with E-state index in [-0.39, 0.29) is 19.2 Å². The lowest BCUT2D eigenvalue weighted by Crippen LogP contribution is -2.53. The third kappa shape index (κ3) is 3.71. The van der Waals surface area contributed by atoms with Gasteiger partial charge >= 0.3 is 6.03 Å². The Kier molecular flexibility index (Phi) is 4.34. The monoisotopic (exact) mass is 315 g/mol. The maximum atomic E-state index is 12.0. The average Bonchev–Trinajstić information content (AvgIpc) is 3.33. The van der Waals surface area contributed by atoms with Gasteiger partial charge in [-0.25, -0.2) is 9.78 Å². The van der Waals surface area contributed by atoms with Gasteiger partial charge in [0, 0.05) is 5.56 Å². The van der Waals surface area contributed by atoms with E-state index in [0.717, 1.165) is 18.4 Å². The Morgan fingerprint density at radius 1 is 1.39 bits per heavy atom. The van der Waals surface area contributed by atoms with E-state index in [9.17, 15) is 9.90 Å². The predicted molar refractivity (Wildman–Crippen MR) is 85.5 cm³/mol. The molecule has 1 atom stereocenters. The van der Waals surface area contributed by atoms with Crippen LogP contribution in [0.15, 0.2) is 41.0 Å². The van der Waals surface area contributed by atoms with Gasteiger partial charge in [-0.15, -0.1) is 0 Å². The van der Waals surface area contributed by atoms with Gasteiger partial charge in [0.05, 0.1) is 24.4 Å². The van der Waals surface area contributed by atoms with E-state index >= 15 is 0 Å². The molecule has 1 aromatic heterocycles. The second-order valence-corrected chi connectivity index (χ2v) is 6.17. The zero-order chi connectivity index (χ0) is 16.3. The van der Waals surface area contributed by atoms with Gasteiger partial charge in [-0.05, 0) is 37.8 Å². The first-order chi connectivity index (χ1) is 11.1. The number of carbonyl (C=O) groups is 1. The molecule has 6 nitrogen and oxygen atoms in total. The third-order valence-corrected chi connectivity index (χ3v) is 4.21. The zero-order valence-electron chi connectivity index (χ0n) is 13.1. The van der Waals surface area contributed by atoms with Gasteiger partial charge in [0.15, 0.2) is 0 Å². The standard InChI is InChI=1S/C17H21N3O3/c1-17(11-21,13-7-8-13)20-16(22)18-9-14-10-23-15(19-14)12-5-3-2-4-6-12/h2-6,10,13,21H,7-9,11H2,1H3,(H2,18,20,22). The fraction of sp³-hybridized carbons (Fsp3) is 0.412. The minimum Gasteiger partial charge on any atom is -0.444 e. The molecule has 2 aromatic rings. The van der Waals surface area contributed by atoms with E-state index < -0.39 is 5.54 Å². The summed E-state index contributed by atoms with van der Waals surface area (Å²) in [4.78, 5) is 16.4. The second-order valence-electron chi connectivity index (χ2n) is 6.17. The van der Waals surface area contributed by atoms with Crippen molar-refractivity contribution in [3.8, 4) is 11.5 Å². The molecule has 0 saturated heterocycles. The molecule has 1 unspecified atom stereocenters. The lowest BCUT2D eigenvalue weighted by atomic mass is 9.97. The van der Waals surface area contributed by atoms with E-state index in [4.69, 9.17) is 4.42 Å². The Labute approximate surface area is 134 Å². The number of aromatic nitrogens is 1. The largest absolute Gasteiger partial charge is 0.444 e. The number of amides is 2. The molecule has 1 aliphatic carbocycles. The molecule has 6 heteroatoms. The summed E-state index contributed by atoms with van der Waals surface area (Å²) >= 11 is 0. The number of hydrogen-bond donors (Lipinski definition) is 3. The predicted octanol–water partition coefficient (Wildman–Crippen LogP) is 2.30. The highest BCUT2D eigenvalue weighted by Crippen LogP contribution is 2.39. The summed E-state index contributed by atoms with van der Waals surface area (Å²) in [5, 5.41) is 15.1. The molecule has 122 valence electrons. The average molecular weight is 315 g/mol. The summed E-state index contributed by atoms with van der Waals surface area (Å²) < 4.78 is 5.43. The van der Waals surface area contributed by atoms with Crippen LogP contribution in [0.3, 0.4) is 0 Å². The number of carbonyl (C=O) groups excluding carboxylic acids is 1. The van der Waals surface area contributed by atoms with Crippen LogP contribution in [0.2, 0.25) is 0 Å². The van der Waals surface area contributed by atoms with Crippen molar-refractivity contribution in [2.24, 2.45) is 5.92 Å². The molecule has 0 radical (unpaired) electrons.